The van der Waals surface area contributed by atoms with E-state index in [0.29, 0.717) is 30.9 Å². The first-order valence-corrected chi connectivity index (χ1v) is 22.7. The van der Waals surface area contributed by atoms with Crippen molar-refractivity contribution in [2.24, 2.45) is 0 Å². The van der Waals surface area contributed by atoms with Gasteiger partial charge < -0.3 is 19.7 Å². The number of amides is 3. The molecule has 3 amide bonds. The highest BCUT2D eigenvalue weighted by molar-refractivity contribution is 6.88. The summed E-state index contributed by atoms with van der Waals surface area (Å²) in [5.41, 5.74) is 4.01. The maximum Gasteiger partial charge on any atom is 0.333 e. The number of benzene rings is 3. The summed E-state index contributed by atoms with van der Waals surface area (Å²) in [4.78, 5) is 74.5. The lowest BCUT2D eigenvalue weighted by Crippen LogP contribution is -2.53. The van der Waals surface area contributed by atoms with Gasteiger partial charge in [-0.3, -0.25) is 14.4 Å². The number of aryl methyl sites for hydroxylation is 2. The summed E-state index contributed by atoms with van der Waals surface area (Å²) in [5, 5.41) is 5.57. The van der Waals surface area contributed by atoms with Gasteiger partial charge in [-0.2, -0.15) is 0 Å². The predicted octanol–water partition coefficient (Wildman–Crippen LogP) is 6.09. The summed E-state index contributed by atoms with van der Waals surface area (Å²) in [6, 6.07) is 25.9. The van der Waals surface area contributed by atoms with Crippen molar-refractivity contribution < 1.29 is 33.6 Å². The molecule has 0 spiro atoms. The molecule has 0 unspecified atom stereocenters. The second kappa shape index (κ2) is 19.3. The second-order valence-electron chi connectivity index (χ2n) is 15.0. The Kier molecular flexibility index (Phi) is 15.7. The second-order valence-corrected chi connectivity index (χ2v) is 24.1. The quantitative estimate of drug-likeness (QED) is 0.127. The molecule has 0 atom stereocenters. The van der Waals surface area contributed by atoms with Crippen LogP contribution in [0.25, 0.3) is 0 Å². The van der Waals surface area contributed by atoms with Crippen molar-refractivity contribution >= 4 is 50.7 Å². The lowest BCUT2D eigenvalue weighted by molar-refractivity contribution is -0.197. The largest absolute Gasteiger partial charge is 0.427 e. The van der Waals surface area contributed by atoms with Crippen LogP contribution in [0.15, 0.2) is 78.9 Å². The lowest BCUT2D eigenvalue weighted by Gasteiger charge is -2.33. The van der Waals surface area contributed by atoms with E-state index in [4.69, 9.17) is 4.84 Å². The van der Waals surface area contributed by atoms with Crippen LogP contribution in [0, 0.1) is 0 Å². The molecule has 0 aliphatic carbocycles. The molecule has 52 heavy (non-hydrogen) atoms. The Hall–Kier alpha value is -3.91. The molecule has 3 aromatic rings. The van der Waals surface area contributed by atoms with Gasteiger partial charge in [-0.1, -0.05) is 134 Å². The summed E-state index contributed by atoms with van der Waals surface area (Å²) in [6.45, 7) is 17.2. The van der Waals surface area contributed by atoms with Crippen molar-refractivity contribution in [3.05, 3.63) is 95.6 Å². The maximum absolute atomic E-state index is 12.1. The number of rotatable bonds is 15. The van der Waals surface area contributed by atoms with Crippen LogP contribution >= 0.6 is 0 Å². The van der Waals surface area contributed by atoms with E-state index in [0.717, 1.165) is 27.1 Å². The molecule has 3 aromatic carbocycles. The third-order valence-corrected chi connectivity index (χ3v) is 19.6. The number of nitrogens with one attached hydrogen (secondary N) is 1. The third kappa shape index (κ3) is 11.1. The highest BCUT2D eigenvalue weighted by atomic mass is 28.4. The molecule has 3 N–H and O–H groups in total. The number of carbonyl (C=O) groups is 4. The first-order chi connectivity index (χ1) is 24.5. The summed E-state index contributed by atoms with van der Waals surface area (Å²) in [5.74, 6) is -1.51. The highest BCUT2D eigenvalue weighted by Crippen LogP contribution is 2.30. The van der Waals surface area contributed by atoms with E-state index in [1.54, 1.807) is 0 Å². The summed E-state index contributed by atoms with van der Waals surface area (Å²) in [7, 11) is -5.16. The number of carbonyl (C=O) groups excluding carboxylic acids is 4. The van der Waals surface area contributed by atoms with Crippen molar-refractivity contribution in [3.8, 4) is 0 Å². The van der Waals surface area contributed by atoms with E-state index in [9.17, 15) is 28.8 Å². The molecule has 9 nitrogen and oxygen atoms in total. The minimum Gasteiger partial charge on any atom is -0.427 e. The Balaban J connectivity index is 0.000000280. The van der Waals surface area contributed by atoms with E-state index in [1.807, 2.05) is 100 Å². The average molecular weight is 747 g/mol. The minimum absolute atomic E-state index is 0.0551. The number of hydrogen-bond donors (Lipinski definition) is 3. The van der Waals surface area contributed by atoms with E-state index in [1.165, 1.54) is 0 Å². The van der Waals surface area contributed by atoms with Gasteiger partial charge in [0.1, 0.15) is 0 Å². The Bertz CT molecular complexity index is 1630. The Morgan fingerprint density at radius 2 is 1.08 bits per heavy atom. The van der Waals surface area contributed by atoms with Crippen molar-refractivity contribution in [1.29, 1.82) is 0 Å². The van der Waals surface area contributed by atoms with Gasteiger partial charge in [0.2, 0.25) is 22.5 Å². The molecule has 1 aliphatic rings. The van der Waals surface area contributed by atoms with Crippen LogP contribution in [0.2, 0.25) is 22.2 Å². The van der Waals surface area contributed by atoms with Crippen LogP contribution in [0.1, 0.15) is 97.8 Å². The van der Waals surface area contributed by atoms with E-state index in [-0.39, 0.29) is 47.3 Å². The predicted molar refractivity (Wildman–Crippen MR) is 211 cm³/mol. The van der Waals surface area contributed by atoms with E-state index < -0.39 is 34.4 Å². The fourth-order valence-corrected chi connectivity index (χ4v) is 13.7. The Morgan fingerprint density at radius 1 is 0.654 bits per heavy atom. The molecule has 11 heteroatoms. The van der Waals surface area contributed by atoms with Gasteiger partial charge in [-0.05, 0) is 62.1 Å². The highest BCUT2D eigenvalue weighted by Gasteiger charge is 2.41. The van der Waals surface area contributed by atoms with Crippen LogP contribution < -0.4 is 15.7 Å². The zero-order valence-electron chi connectivity index (χ0n) is 32.1. The van der Waals surface area contributed by atoms with Crippen LogP contribution in [0.3, 0.4) is 0 Å². The number of hydrogen-bond acceptors (Lipinski definition) is 7. The molecular weight excluding hydrogens is 689 g/mol. The topological polar surface area (TPSA) is 133 Å². The van der Waals surface area contributed by atoms with Crippen LogP contribution in [0.5, 0.6) is 0 Å². The third-order valence-electron chi connectivity index (χ3n) is 10.1. The fraction of sp³-hybridized carbons (Fsp3) is 0.463. The Morgan fingerprint density at radius 3 is 1.52 bits per heavy atom. The minimum atomic E-state index is -2.63. The zero-order valence-corrected chi connectivity index (χ0v) is 34.1. The normalized spacial score (nSPS) is 13.5. The van der Waals surface area contributed by atoms with Gasteiger partial charge in [0.25, 0.3) is 11.8 Å². The smallest absolute Gasteiger partial charge is 0.333 e. The molecule has 282 valence electrons. The van der Waals surface area contributed by atoms with Crippen LogP contribution in [-0.4, -0.2) is 55.0 Å². The maximum atomic E-state index is 12.1. The van der Waals surface area contributed by atoms with Gasteiger partial charge in [0.15, 0.2) is 0 Å². The van der Waals surface area contributed by atoms with E-state index >= 15 is 0 Å². The van der Waals surface area contributed by atoms with Crippen LogP contribution in [0.4, 0.5) is 0 Å². The van der Waals surface area contributed by atoms with E-state index in [2.05, 4.69) is 39.1 Å². The van der Waals surface area contributed by atoms with Gasteiger partial charge in [-0.25, -0.2) is 4.79 Å². The van der Waals surface area contributed by atoms with Crippen molar-refractivity contribution in [3.63, 3.8) is 0 Å². The molecule has 1 aliphatic heterocycles. The molecule has 1 heterocycles. The number of imide groups is 1. The average Bonchev–Trinajstić information content (AvgIpc) is 3.44. The molecule has 0 saturated carbocycles. The molecular formula is C41H58N2O7Si2. The van der Waals surface area contributed by atoms with Crippen molar-refractivity contribution in [2.75, 3.05) is 0 Å². The van der Waals surface area contributed by atoms with Crippen molar-refractivity contribution in [1.82, 2.24) is 10.4 Å². The molecule has 0 radical (unpaired) electrons. The van der Waals surface area contributed by atoms with Gasteiger partial charge >= 0.3 is 5.97 Å². The molecule has 1 fully saturated rings. The monoisotopic (exact) mass is 746 g/mol. The SMILES string of the molecule is CC(C)[Si](O)(c1cccc(CCC(=O)NCc2ccccc2)c1)C(C)C.CC(C)[Si](O)(c1cccc(CCC(=O)ON2C(=O)CCC2=O)c1)C(C)C. The Labute approximate surface area is 312 Å². The summed E-state index contributed by atoms with van der Waals surface area (Å²) in [6.07, 6.45) is 1.80. The van der Waals surface area contributed by atoms with Gasteiger partial charge in [0.05, 0.1) is 6.42 Å². The standard InChI is InChI=1S/C22H31NO2Si.C19H27NO5Si/c1-17(2)26(25,18(3)4)21-12-8-11-19(15-21)13-14-22(24)23-16-20-9-6-5-7-10-20;1-13(2)26(24,14(3)4)16-7-5-6-15(12-16)8-11-19(23)25-20-17(21)9-10-18(20)22/h5-12,15,17-18,25H,13-14,16H2,1-4H3,(H,23,24);5-7,12-14,24H,8-11H2,1-4H3. The summed E-state index contributed by atoms with van der Waals surface area (Å²) >= 11 is 0. The van der Waals surface area contributed by atoms with Crippen molar-refractivity contribution in [2.45, 2.75) is 123 Å². The van der Waals surface area contributed by atoms with Gasteiger partial charge in [-0.15, -0.1) is 5.06 Å². The summed E-state index contributed by atoms with van der Waals surface area (Å²) < 4.78 is 0. The first-order valence-electron chi connectivity index (χ1n) is 18.5. The first kappa shape index (κ1) is 42.5. The molecule has 1 saturated heterocycles. The molecule has 0 aromatic heterocycles. The fourth-order valence-electron chi connectivity index (χ4n) is 6.81. The van der Waals surface area contributed by atoms with Crippen LogP contribution in [-0.2, 0) is 43.4 Å². The molecule has 4 rings (SSSR count). The molecule has 0 bridgehead atoms. The lowest BCUT2D eigenvalue weighted by atomic mass is 10.1. The number of hydroxylamine groups is 2. The zero-order chi connectivity index (χ0) is 38.6. The number of nitrogens with zero attached hydrogens (tertiary/aromatic N) is 1. The van der Waals surface area contributed by atoms with Gasteiger partial charge in [0, 0.05) is 25.8 Å².